The molecule has 7 heteroatoms. The molecule has 138 valence electrons. The standard InChI is InChI=1S/C19H26N6O/c26-18(17-13-16-6-1-2-12-25(16)23-17)20-10-7-15-5-3-11-24(14-15)19-21-8-4-9-22-19/h4,8-9,13,15H,1-3,5-7,10-12,14H2,(H,20,26). The van der Waals surface area contributed by atoms with Crippen molar-refractivity contribution in [3.8, 4) is 0 Å². The highest BCUT2D eigenvalue weighted by Crippen LogP contribution is 2.22. The van der Waals surface area contributed by atoms with Crippen LogP contribution in [-0.2, 0) is 13.0 Å². The van der Waals surface area contributed by atoms with Crippen LogP contribution in [-0.4, -0.2) is 45.3 Å². The number of anilines is 1. The van der Waals surface area contributed by atoms with Crippen LogP contribution in [0.4, 0.5) is 5.95 Å². The number of hydrogen-bond donors (Lipinski definition) is 1. The molecule has 2 aliphatic heterocycles. The number of aryl methyl sites for hydroxylation is 2. The minimum absolute atomic E-state index is 0.0500. The maximum absolute atomic E-state index is 12.4. The van der Waals surface area contributed by atoms with E-state index in [1.54, 1.807) is 12.4 Å². The van der Waals surface area contributed by atoms with Crippen molar-refractivity contribution < 1.29 is 4.79 Å². The van der Waals surface area contributed by atoms with Crippen molar-refractivity contribution in [1.82, 2.24) is 25.1 Å². The van der Waals surface area contributed by atoms with Gasteiger partial charge in [0.15, 0.2) is 0 Å². The summed E-state index contributed by atoms with van der Waals surface area (Å²) in [7, 11) is 0. The number of hydrogen-bond acceptors (Lipinski definition) is 5. The number of carbonyl (C=O) groups excluding carboxylic acids is 1. The van der Waals surface area contributed by atoms with Gasteiger partial charge in [0, 0.05) is 44.3 Å². The number of rotatable bonds is 5. The van der Waals surface area contributed by atoms with Crippen molar-refractivity contribution in [1.29, 1.82) is 0 Å². The fourth-order valence-electron chi connectivity index (χ4n) is 3.95. The molecule has 2 aliphatic rings. The van der Waals surface area contributed by atoms with Gasteiger partial charge < -0.3 is 10.2 Å². The Labute approximate surface area is 153 Å². The molecule has 2 aromatic heterocycles. The Kier molecular flexibility index (Phi) is 5.13. The molecule has 0 bridgehead atoms. The van der Waals surface area contributed by atoms with E-state index in [2.05, 4.69) is 25.3 Å². The molecule has 1 amide bonds. The lowest BCUT2D eigenvalue weighted by atomic mass is 9.95. The van der Waals surface area contributed by atoms with Crippen LogP contribution in [0.3, 0.4) is 0 Å². The van der Waals surface area contributed by atoms with Crippen molar-refractivity contribution in [3.05, 3.63) is 35.9 Å². The molecule has 1 fully saturated rings. The lowest BCUT2D eigenvalue weighted by Gasteiger charge is -2.32. The first kappa shape index (κ1) is 17.0. The van der Waals surface area contributed by atoms with Crippen molar-refractivity contribution in [2.45, 2.75) is 45.1 Å². The Morgan fingerprint density at radius 2 is 2.08 bits per heavy atom. The van der Waals surface area contributed by atoms with E-state index in [-0.39, 0.29) is 5.91 Å². The zero-order valence-electron chi connectivity index (χ0n) is 15.1. The molecule has 4 heterocycles. The summed E-state index contributed by atoms with van der Waals surface area (Å²) in [5.74, 6) is 1.32. The molecule has 26 heavy (non-hydrogen) atoms. The van der Waals surface area contributed by atoms with E-state index in [1.807, 2.05) is 16.8 Å². The van der Waals surface area contributed by atoms with Gasteiger partial charge in [0.2, 0.25) is 5.95 Å². The minimum atomic E-state index is -0.0500. The Morgan fingerprint density at radius 1 is 1.19 bits per heavy atom. The molecule has 0 aliphatic carbocycles. The maximum Gasteiger partial charge on any atom is 0.271 e. The van der Waals surface area contributed by atoms with Crippen molar-refractivity contribution in [2.75, 3.05) is 24.5 Å². The monoisotopic (exact) mass is 354 g/mol. The summed E-state index contributed by atoms with van der Waals surface area (Å²) in [5.41, 5.74) is 1.75. The van der Waals surface area contributed by atoms with Crippen molar-refractivity contribution >= 4 is 11.9 Å². The summed E-state index contributed by atoms with van der Waals surface area (Å²) >= 11 is 0. The van der Waals surface area contributed by atoms with Gasteiger partial charge >= 0.3 is 0 Å². The number of carbonyl (C=O) groups is 1. The number of aromatic nitrogens is 4. The fourth-order valence-corrected chi connectivity index (χ4v) is 3.95. The number of fused-ring (bicyclic) bond motifs is 1. The zero-order valence-corrected chi connectivity index (χ0v) is 15.1. The quantitative estimate of drug-likeness (QED) is 0.889. The molecule has 0 saturated carbocycles. The average molecular weight is 354 g/mol. The van der Waals surface area contributed by atoms with E-state index in [0.29, 0.717) is 18.2 Å². The molecule has 1 N–H and O–H groups in total. The van der Waals surface area contributed by atoms with Crippen LogP contribution < -0.4 is 10.2 Å². The van der Waals surface area contributed by atoms with Crippen molar-refractivity contribution in [3.63, 3.8) is 0 Å². The van der Waals surface area contributed by atoms with Gasteiger partial charge in [-0.15, -0.1) is 0 Å². The van der Waals surface area contributed by atoms with E-state index < -0.39 is 0 Å². The Hall–Kier alpha value is -2.44. The number of amides is 1. The highest BCUT2D eigenvalue weighted by Gasteiger charge is 2.22. The molecule has 0 radical (unpaired) electrons. The molecular weight excluding hydrogens is 328 g/mol. The smallest absolute Gasteiger partial charge is 0.271 e. The topological polar surface area (TPSA) is 75.9 Å². The van der Waals surface area contributed by atoms with Crippen LogP contribution in [0.5, 0.6) is 0 Å². The fraction of sp³-hybridized carbons (Fsp3) is 0.579. The summed E-state index contributed by atoms with van der Waals surface area (Å²) in [6.07, 6.45) is 10.3. The van der Waals surface area contributed by atoms with E-state index in [0.717, 1.165) is 51.3 Å². The predicted octanol–water partition coefficient (Wildman–Crippen LogP) is 2.05. The normalized spacial score (nSPS) is 19.8. The van der Waals surface area contributed by atoms with E-state index in [9.17, 15) is 4.79 Å². The maximum atomic E-state index is 12.4. The Bertz CT molecular complexity index is 720. The largest absolute Gasteiger partial charge is 0.351 e. The van der Waals surface area contributed by atoms with Crippen LogP contribution >= 0.6 is 0 Å². The molecular formula is C19H26N6O. The lowest BCUT2D eigenvalue weighted by molar-refractivity contribution is 0.0945. The third kappa shape index (κ3) is 3.86. The van der Waals surface area contributed by atoms with Crippen LogP contribution in [0.25, 0.3) is 0 Å². The number of nitrogens with zero attached hydrogens (tertiary/aromatic N) is 5. The third-order valence-electron chi connectivity index (χ3n) is 5.34. The van der Waals surface area contributed by atoms with Gasteiger partial charge in [0.25, 0.3) is 5.91 Å². The molecule has 1 atom stereocenters. The molecule has 0 aromatic carbocycles. The summed E-state index contributed by atoms with van der Waals surface area (Å²) in [5, 5.41) is 7.49. The second-order valence-electron chi connectivity index (χ2n) is 7.25. The molecule has 2 aromatic rings. The van der Waals surface area contributed by atoms with Gasteiger partial charge in [-0.05, 0) is 56.6 Å². The summed E-state index contributed by atoms with van der Waals surface area (Å²) in [6.45, 7) is 3.59. The molecule has 0 spiro atoms. The average Bonchev–Trinajstić information content (AvgIpc) is 3.13. The molecule has 1 saturated heterocycles. The predicted molar refractivity (Wildman–Crippen MR) is 99.1 cm³/mol. The van der Waals surface area contributed by atoms with Gasteiger partial charge in [-0.2, -0.15) is 5.10 Å². The van der Waals surface area contributed by atoms with E-state index in [4.69, 9.17) is 0 Å². The minimum Gasteiger partial charge on any atom is -0.351 e. The molecule has 7 nitrogen and oxygen atoms in total. The first-order chi connectivity index (χ1) is 12.8. The van der Waals surface area contributed by atoms with Gasteiger partial charge in [-0.25, -0.2) is 9.97 Å². The molecule has 4 rings (SSSR count). The van der Waals surface area contributed by atoms with E-state index in [1.165, 1.54) is 18.5 Å². The molecule has 1 unspecified atom stereocenters. The van der Waals surface area contributed by atoms with Gasteiger partial charge in [0.1, 0.15) is 5.69 Å². The van der Waals surface area contributed by atoms with Crippen LogP contribution in [0, 0.1) is 5.92 Å². The number of piperidine rings is 1. The van der Waals surface area contributed by atoms with Gasteiger partial charge in [-0.1, -0.05) is 0 Å². The van der Waals surface area contributed by atoms with Crippen LogP contribution in [0.1, 0.15) is 48.3 Å². The second kappa shape index (κ2) is 7.85. The first-order valence-corrected chi connectivity index (χ1v) is 9.66. The first-order valence-electron chi connectivity index (χ1n) is 9.66. The SMILES string of the molecule is O=C(NCCC1CCCN(c2ncccn2)C1)c1cc2n(n1)CCCC2. The lowest BCUT2D eigenvalue weighted by Crippen LogP contribution is -2.38. The van der Waals surface area contributed by atoms with Crippen LogP contribution in [0.15, 0.2) is 24.5 Å². The van der Waals surface area contributed by atoms with E-state index >= 15 is 0 Å². The summed E-state index contributed by atoms with van der Waals surface area (Å²) in [6, 6.07) is 3.79. The zero-order chi connectivity index (χ0) is 17.8. The Morgan fingerprint density at radius 3 is 2.92 bits per heavy atom. The third-order valence-corrected chi connectivity index (χ3v) is 5.34. The second-order valence-corrected chi connectivity index (χ2v) is 7.25. The highest BCUT2D eigenvalue weighted by atomic mass is 16.1. The van der Waals surface area contributed by atoms with Gasteiger partial charge in [-0.3, -0.25) is 9.48 Å². The van der Waals surface area contributed by atoms with Crippen LogP contribution in [0.2, 0.25) is 0 Å². The Balaban J connectivity index is 1.26. The van der Waals surface area contributed by atoms with Gasteiger partial charge in [0.05, 0.1) is 0 Å². The summed E-state index contributed by atoms with van der Waals surface area (Å²) < 4.78 is 1.98. The summed E-state index contributed by atoms with van der Waals surface area (Å²) in [4.78, 5) is 23.3. The number of nitrogens with one attached hydrogen (secondary N) is 1. The van der Waals surface area contributed by atoms with Crippen molar-refractivity contribution in [2.24, 2.45) is 5.92 Å². The highest BCUT2D eigenvalue weighted by molar-refractivity contribution is 5.92.